The molecular weight excluding hydrogens is 242 g/mol. The second-order valence-electron chi connectivity index (χ2n) is 4.77. The number of ether oxygens (including phenoxy) is 1. The highest BCUT2D eigenvalue weighted by atomic mass is 16.5. The molecule has 0 aromatic heterocycles. The van der Waals surface area contributed by atoms with Crippen LogP contribution < -0.4 is 20.7 Å². The van der Waals surface area contributed by atoms with Crippen molar-refractivity contribution < 1.29 is 9.53 Å². The summed E-state index contributed by atoms with van der Waals surface area (Å²) in [5.41, 5.74) is 1.05. The van der Waals surface area contributed by atoms with Gasteiger partial charge in [-0.2, -0.15) is 0 Å². The molecule has 1 saturated heterocycles. The van der Waals surface area contributed by atoms with Crippen LogP contribution >= 0.6 is 0 Å². The molecule has 104 valence electrons. The summed E-state index contributed by atoms with van der Waals surface area (Å²) < 4.78 is 5.08. The summed E-state index contributed by atoms with van der Waals surface area (Å²) in [5, 5.41) is 9.03. The molecule has 0 aliphatic carbocycles. The monoisotopic (exact) mass is 263 g/mol. The van der Waals surface area contributed by atoms with Gasteiger partial charge >= 0.3 is 6.03 Å². The third kappa shape index (κ3) is 4.44. The van der Waals surface area contributed by atoms with E-state index in [0.29, 0.717) is 12.5 Å². The van der Waals surface area contributed by atoms with Crippen molar-refractivity contribution in [2.45, 2.75) is 13.0 Å². The van der Waals surface area contributed by atoms with Crippen molar-refractivity contribution in [3.8, 4) is 5.75 Å². The van der Waals surface area contributed by atoms with Crippen LogP contribution in [0.3, 0.4) is 0 Å². The number of amides is 2. The molecule has 1 aliphatic heterocycles. The molecule has 1 unspecified atom stereocenters. The van der Waals surface area contributed by atoms with Crippen LogP contribution in [0, 0.1) is 5.92 Å². The van der Waals surface area contributed by atoms with Gasteiger partial charge in [0.25, 0.3) is 0 Å². The van der Waals surface area contributed by atoms with Gasteiger partial charge in [-0.3, -0.25) is 0 Å². The number of carbonyl (C=O) groups is 1. The van der Waals surface area contributed by atoms with Gasteiger partial charge in [0.1, 0.15) is 5.75 Å². The first kappa shape index (κ1) is 13.7. The van der Waals surface area contributed by atoms with Crippen LogP contribution in [-0.2, 0) is 6.54 Å². The fourth-order valence-electron chi connectivity index (χ4n) is 2.11. The summed E-state index contributed by atoms with van der Waals surface area (Å²) >= 11 is 0. The first-order valence-electron chi connectivity index (χ1n) is 6.63. The second-order valence-corrected chi connectivity index (χ2v) is 4.77. The minimum atomic E-state index is -0.109. The third-order valence-electron chi connectivity index (χ3n) is 3.33. The van der Waals surface area contributed by atoms with Gasteiger partial charge in [-0.1, -0.05) is 12.1 Å². The summed E-state index contributed by atoms with van der Waals surface area (Å²) in [6, 6.07) is 7.56. The number of hydrogen-bond acceptors (Lipinski definition) is 3. The molecule has 1 aromatic rings. The van der Waals surface area contributed by atoms with Crippen molar-refractivity contribution in [2.24, 2.45) is 5.92 Å². The molecule has 0 spiro atoms. The van der Waals surface area contributed by atoms with Gasteiger partial charge in [-0.25, -0.2) is 4.79 Å². The van der Waals surface area contributed by atoms with Gasteiger partial charge in [0.05, 0.1) is 7.11 Å². The van der Waals surface area contributed by atoms with Crippen LogP contribution in [0.25, 0.3) is 0 Å². The Kier molecular flexibility index (Phi) is 5.03. The maximum atomic E-state index is 11.6. The average molecular weight is 263 g/mol. The van der Waals surface area contributed by atoms with Crippen LogP contribution in [0.4, 0.5) is 4.79 Å². The van der Waals surface area contributed by atoms with E-state index in [1.165, 1.54) is 0 Å². The Morgan fingerprint density at radius 3 is 2.79 bits per heavy atom. The fraction of sp³-hybridized carbons (Fsp3) is 0.500. The van der Waals surface area contributed by atoms with Crippen molar-refractivity contribution in [3.63, 3.8) is 0 Å². The topological polar surface area (TPSA) is 62.4 Å². The van der Waals surface area contributed by atoms with E-state index in [1.807, 2.05) is 24.3 Å². The van der Waals surface area contributed by atoms with Crippen molar-refractivity contribution in [2.75, 3.05) is 26.7 Å². The zero-order chi connectivity index (χ0) is 13.5. The Morgan fingerprint density at radius 1 is 1.37 bits per heavy atom. The second kappa shape index (κ2) is 6.99. The van der Waals surface area contributed by atoms with Gasteiger partial charge in [0.2, 0.25) is 0 Å². The number of nitrogens with one attached hydrogen (secondary N) is 3. The average Bonchev–Trinajstić information content (AvgIpc) is 2.96. The van der Waals surface area contributed by atoms with Crippen molar-refractivity contribution in [1.29, 1.82) is 0 Å². The normalized spacial score (nSPS) is 18.1. The molecule has 1 aromatic carbocycles. The van der Waals surface area contributed by atoms with E-state index in [4.69, 9.17) is 4.74 Å². The van der Waals surface area contributed by atoms with E-state index < -0.39 is 0 Å². The number of hydrogen-bond donors (Lipinski definition) is 3. The molecule has 2 rings (SSSR count). The number of rotatable bonds is 5. The number of carbonyl (C=O) groups excluding carboxylic acids is 1. The van der Waals surface area contributed by atoms with Gasteiger partial charge in [0.15, 0.2) is 0 Å². The highest BCUT2D eigenvalue weighted by molar-refractivity contribution is 5.73. The zero-order valence-corrected chi connectivity index (χ0v) is 11.2. The lowest BCUT2D eigenvalue weighted by atomic mass is 10.1. The quantitative estimate of drug-likeness (QED) is 0.745. The summed E-state index contributed by atoms with van der Waals surface area (Å²) in [6.07, 6.45) is 1.14. The van der Waals surface area contributed by atoms with E-state index in [2.05, 4.69) is 16.0 Å². The van der Waals surface area contributed by atoms with Crippen molar-refractivity contribution >= 4 is 6.03 Å². The molecule has 5 heteroatoms. The summed E-state index contributed by atoms with van der Waals surface area (Å²) in [5.74, 6) is 1.38. The minimum absolute atomic E-state index is 0.109. The Bertz CT molecular complexity index is 400. The molecule has 0 saturated carbocycles. The number of urea groups is 1. The van der Waals surface area contributed by atoms with Crippen LogP contribution in [0.5, 0.6) is 5.75 Å². The number of methoxy groups -OCH3 is 1. The third-order valence-corrected chi connectivity index (χ3v) is 3.33. The first-order valence-corrected chi connectivity index (χ1v) is 6.63. The van der Waals surface area contributed by atoms with Crippen LogP contribution in [0.2, 0.25) is 0 Å². The summed E-state index contributed by atoms with van der Waals surface area (Å²) in [6.45, 7) is 3.32. The fourth-order valence-corrected chi connectivity index (χ4v) is 2.11. The lowest BCUT2D eigenvalue weighted by Gasteiger charge is -2.11. The molecule has 3 N–H and O–H groups in total. The highest BCUT2D eigenvalue weighted by Gasteiger charge is 2.14. The summed E-state index contributed by atoms with van der Waals surface area (Å²) in [7, 11) is 1.64. The van der Waals surface area contributed by atoms with Crippen LogP contribution in [-0.4, -0.2) is 32.8 Å². The smallest absolute Gasteiger partial charge is 0.315 e. The van der Waals surface area contributed by atoms with Crippen molar-refractivity contribution in [1.82, 2.24) is 16.0 Å². The van der Waals surface area contributed by atoms with Crippen molar-refractivity contribution in [3.05, 3.63) is 29.8 Å². The Hall–Kier alpha value is -1.75. The predicted octanol–water partition coefficient (Wildman–Crippen LogP) is 1.10. The van der Waals surface area contributed by atoms with E-state index in [9.17, 15) is 4.79 Å². The Labute approximate surface area is 113 Å². The standard InChI is InChI=1S/C14H21N3O2/c1-19-13-4-2-11(3-5-13)9-16-14(18)17-10-12-6-7-15-8-12/h2-5,12,15H,6-10H2,1H3,(H2,16,17,18). The Morgan fingerprint density at radius 2 is 2.16 bits per heavy atom. The molecule has 19 heavy (non-hydrogen) atoms. The lowest BCUT2D eigenvalue weighted by Crippen LogP contribution is -2.38. The molecular formula is C14H21N3O2. The zero-order valence-electron chi connectivity index (χ0n) is 11.2. The van der Waals surface area contributed by atoms with Gasteiger partial charge in [-0.15, -0.1) is 0 Å². The summed E-state index contributed by atoms with van der Waals surface area (Å²) in [4.78, 5) is 11.6. The van der Waals surface area contributed by atoms with E-state index in [1.54, 1.807) is 7.11 Å². The number of benzene rings is 1. The molecule has 1 heterocycles. The van der Waals surface area contributed by atoms with Crippen LogP contribution in [0.15, 0.2) is 24.3 Å². The maximum Gasteiger partial charge on any atom is 0.315 e. The molecule has 0 bridgehead atoms. The van der Waals surface area contributed by atoms with Crippen LogP contribution in [0.1, 0.15) is 12.0 Å². The SMILES string of the molecule is COc1ccc(CNC(=O)NCC2CCNC2)cc1. The maximum absolute atomic E-state index is 11.6. The van der Waals surface area contributed by atoms with Gasteiger partial charge in [0, 0.05) is 13.1 Å². The lowest BCUT2D eigenvalue weighted by molar-refractivity contribution is 0.239. The molecule has 5 nitrogen and oxygen atoms in total. The molecule has 1 aliphatic rings. The molecule has 1 fully saturated rings. The Balaban J connectivity index is 1.67. The predicted molar refractivity (Wildman–Crippen MR) is 74.2 cm³/mol. The highest BCUT2D eigenvalue weighted by Crippen LogP contribution is 2.10. The van der Waals surface area contributed by atoms with E-state index in [0.717, 1.165) is 37.4 Å². The first-order chi connectivity index (χ1) is 9.28. The minimum Gasteiger partial charge on any atom is -0.497 e. The van der Waals surface area contributed by atoms with E-state index in [-0.39, 0.29) is 6.03 Å². The molecule has 0 radical (unpaired) electrons. The largest absolute Gasteiger partial charge is 0.497 e. The molecule has 2 amide bonds. The molecule has 1 atom stereocenters. The van der Waals surface area contributed by atoms with Gasteiger partial charge < -0.3 is 20.7 Å². The van der Waals surface area contributed by atoms with E-state index >= 15 is 0 Å². The van der Waals surface area contributed by atoms with Gasteiger partial charge in [-0.05, 0) is 43.1 Å².